The Morgan fingerprint density at radius 3 is 2.48 bits per heavy atom. The van der Waals surface area contributed by atoms with Gasteiger partial charge >= 0.3 is 0 Å². The molecule has 31 heavy (non-hydrogen) atoms. The van der Waals surface area contributed by atoms with Gasteiger partial charge in [-0.2, -0.15) is 0 Å². The molecule has 8 nitrogen and oxygen atoms in total. The normalized spacial score (nSPS) is 23.2. The van der Waals surface area contributed by atoms with Crippen LogP contribution in [0.2, 0.25) is 0 Å². The summed E-state index contributed by atoms with van der Waals surface area (Å²) in [6.45, 7) is 8.42. The fourth-order valence-electron chi connectivity index (χ4n) is 4.96. The number of para-hydroxylation sites is 2. The van der Waals surface area contributed by atoms with Gasteiger partial charge in [-0.25, -0.2) is 4.98 Å². The van der Waals surface area contributed by atoms with Crippen LogP contribution < -0.4 is 0 Å². The molecule has 4 rings (SSSR count). The third-order valence-electron chi connectivity index (χ3n) is 6.81. The molecule has 0 unspecified atom stereocenters. The molecule has 1 aromatic heterocycles. The molecule has 2 aliphatic heterocycles. The molecule has 2 aromatic rings. The summed E-state index contributed by atoms with van der Waals surface area (Å²) in [5, 5.41) is 10.7. The summed E-state index contributed by atoms with van der Waals surface area (Å²) in [6.07, 6.45) is 1.34. The highest BCUT2D eigenvalue weighted by Gasteiger charge is 2.33. The van der Waals surface area contributed by atoms with E-state index in [9.17, 15) is 14.7 Å². The molecule has 2 fully saturated rings. The lowest BCUT2D eigenvalue weighted by Crippen LogP contribution is -2.54. The zero-order chi connectivity index (χ0) is 22.0. The van der Waals surface area contributed by atoms with Gasteiger partial charge in [-0.15, -0.1) is 0 Å². The van der Waals surface area contributed by atoms with Crippen molar-refractivity contribution in [1.29, 1.82) is 0 Å². The topological polar surface area (TPSA) is 81.9 Å². The lowest BCUT2D eigenvalue weighted by atomic mass is 10.0. The summed E-state index contributed by atoms with van der Waals surface area (Å²) in [6, 6.07) is 8.05. The molecule has 168 valence electrons. The number of imidazole rings is 1. The predicted octanol–water partition coefficient (Wildman–Crippen LogP) is 1.25. The molecule has 0 spiro atoms. The minimum atomic E-state index is -0.443. The van der Waals surface area contributed by atoms with Gasteiger partial charge in [-0.1, -0.05) is 12.1 Å². The monoisotopic (exact) mass is 427 g/mol. The summed E-state index contributed by atoms with van der Waals surface area (Å²) >= 11 is 0. The first-order valence-corrected chi connectivity index (χ1v) is 11.3. The molecule has 2 amide bonds. The number of aliphatic hydroxyl groups is 1. The van der Waals surface area contributed by atoms with Crippen LogP contribution in [0.3, 0.4) is 0 Å². The van der Waals surface area contributed by atoms with Crippen LogP contribution in [-0.2, 0) is 16.1 Å². The first-order chi connectivity index (χ1) is 14.9. The second kappa shape index (κ2) is 9.36. The van der Waals surface area contributed by atoms with Crippen LogP contribution in [-0.4, -0.2) is 92.6 Å². The SMILES string of the molecule is CC(=O)N1CCN([C@H]2CCN(C(=O)CCn3c(C)nc4ccccc43)CC[C@@H]2O)CC1. The number of likely N-dealkylation sites (tertiary alicyclic amines) is 1. The number of carbonyl (C=O) groups excluding carboxylic acids is 2. The lowest BCUT2D eigenvalue weighted by Gasteiger charge is -2.40. The Morgan fingerprint density at radius 2 is 1.74 bits per heavy atom. The second-order valence-electron chi connectivity index (χ2n) is 8.68. The molecule has 2 saturated heterocycles. The highest BCUT2D eigenvalue weighted by Crippen LogP contribution is 2.21. The molecular weight excluding hydrogens is 394 g/mol. The largest absolute Gasteiger partial charge is 0.391 e. The van der Waals surface area contributed by atoms with Crippen molar-refractivity contribution >= 4 is 22.8 Å². The number of hydrogen-bond acceptors (Lipinski definition) is 5. The minimum Gasteiger partial charge on any atom is -0.391 e. The van der Waals surface area contributed by atoms with Gasteiger partial charge < -0.3 is 19.5 Å². The van der Waals surface area contributed by atoms with Gasteiger partial charge in [0.05, 0.1) is 17.1 Å². The maximum Gasteiger partial charge on any atom is 0.224 e. The number of aliphatic hydroxyl groups excluding tert-OH is 1. The van der Waals surface area contributed by atoms with Crippen molar-refractivity contribution in [3.8, 4) is 0 Å². The fourth-order valence-corrected chi connectivity index (χ4v) is 4.96. The Labute approximate surface area is 183 Å². The number of nitrogens with zero attached hydrogens (tertiary/aromatic N) is 5. The summed E-state index contributed by atoms with van der Waals surface area (Å²) in [5.41, 5.74) is 2.02. The van der Waals surface area contributed by atoms with E-state index in [1.165, 1.54) is 0 Å². The van der Waals surface area contributed by atoms with Gasteiger partial charge in [-0.3, -0.25) is 14.5 Å². The summed E-state index contributed by atoms with van der Waals surface area (Å²) in [5.74, 6) is 1.16. The number of amides is 2. The van der Waals surface area contributed by atoms with Gasteiger partial charge in [0.2, 0.25) is 11.8 Å². The van der Waals surface area contributed by atoms with Gasteiger partial charge in [0.1, 0.15) is 5.82 Å². The van der Waals surface area contributed by atoms with Crippen LogP contribution in [0.4, 0.5) is 0 Å². The van der Waals surface area contributed by atoms with Gasteiger partial charge in [0.25, 0.3) is 0 Å². The zero-order valence-corrected chi connectivity index (χ0v) is 18.5. The number of aryl methyl sites for hydroxylation is 2. The molecule has 0 saturated carbocycles. The first kappa shape index (κ1) is 21.8. The summed E-state index contributed by atoms with van der Waals surface area (Å²) < 4.78 is 2.11. The number of carbonyl (C=O) groups is 2. The van der Waals surface area contributed by atoms with Crippen molar-refractivity contribution in [3.63, 3.8) is 0 Å². The number of piperazine rings is 1. The molecule has 2 aliphatic rings. The summed E-state index contributed by atoms with van der Waals surface area (Å²) in [7, 11) is 0. The van der Waals surface area contributed by atoms with Crippen LogP contribution >= 0.6 is 0 Å². The average Bonchev–Trinajstić information content (AvgIpc) is 2.95. The smallest absolute Gasteiger partial charge is 0.224 e. The maximum absolute atomic E-state index is 13.0. The number of fused-ring (bicyclic) bond motifs is 1. The van der Waals surface area contributed by atoms with E-state index in [0.717, 1.165) is 36.4 Å². The molecule has 3 heterocycles. The lowest BCUT2D eigenvalue weighted by molar-refractivity contribution is -0.132. The average molecular weight is 428 g/mol. The third kappa shape index (κ3) is 4.75. The standard InChI is InChI=1S/C23H33N5O3/c1-17-24-19-5-3-4-6-20(19)28(17)12-9-23(31)27-10-7-21(22(30)8-11-27)26-15-13-25(14-16-26)18(2)29/h3-6,21-22,30H,7-16H2,1-2H3/t21-,22-/m0/s1. The van der Waals surface area contributed by atoms with E-state index in [2.05, 4.69) is 14.5 Å². The third-order valence-corrected chi connectivity index (χ3v) is 6.81. The van der Waals surface area contributed by atoms with E-state index in [1.54, 1.807) is 6.92 Å². The molecule has 1 aromatic carbocycles. The van der Waals surface area contributed by atoms with E-state index in [0.29, 0.717) is 45.6 Å². The van der Waals surface area contributed by atoms with Gasteiger partial charge in [-0.05, 0) is 31.9 Å². The molecular formula is C23H33N5O3. The highest BCUT2D eigenvalue weighted by molar-refractivity contribution is 5.78. The quantitative estimate of drug-likeness (QED) is 0.794. The van der Waals surface area contributed by atoms with Crippen LogP contribution in [0.25, 0.3) is 11.0 Å². The predicted molar refractivity (Wildman–Crippen MR) is 119 cm³/mol. The van der Waals surface area contributed by atoms with Crippen LogP contribution in [0.5, 0.6) is 0 Å². The van der Waals surface area contributed by atoms with E-state index in [4.69, 9.17) is 0 Å². The van der Waals surface area contributed by atoms with Crippen LogP contribution in [0, 0.1) is 6.92 Å². The van der Waals surface area contributed by atoms with E-state index >= 15 is 0 Å². The first-order valence-electron chi connectivity index (χ1n) is 11.3. The van der Waals surface area contributed by atoms with Gasteiger partial charge in [0.15, 0.2) is 0 Å². The second-order valence-corrected chi connectivity index (χ2v) is 8.68. The van der Waals surface area contributed by atoms with Crippen molar-refractivity contribution in [1.82, 2.24) is 24.3 Å². The number of aromatic nitrogens is 2. The van der Waals surface area contributed by atoms with Crippen molar-refractivity contribution in [2.45, 2.75) is 51.8 Å². The molecule has 0 aliphatic carbocycles. The Hall–Kier alpha value is -2.45. The maximum atomic E-state index is 13.0. The molecule has 0 radical (unpaired) electrons. The van der Waals surface area contributed by atoms with E-state index in [1.807, 2.05) is 41.0 Å². The highest BCUT2D eigenvalue weighted by atomic mass is 16.3. The zero-order valence-electron chi connectivity index (χ0n) is 18.5. The van der Waals surface area contributed by atoms with E-state index in [-0.39, 0.29) is 17.9 Å². The molecule has 0 bridgehead atoms. The fraction of sp³-hybridized carbons (Fsp3) is 0.609. The van der Waals surface area contributed by atoms with Gasteiger partial charge in [0, 0.05) is 65.2 Å². The Morgan fingerprint density at radius 1 is 1.03 bits per heavy atom. The minimum absolute atomic E-state index is 0.0479. The van der Waals surface area contributed by atoms with Crippen molar-refractivity contribution in [2.24, 2.45) is 0 Å². The molecule has 1 N–H and O–H groups in total. The Balaban J connectivity index is 1.33. The van der Waals surface area contributed by atoms with Crippen LogP contribution in [0.1, 0.15) is 32.0 Å². The van der Waals surface area contributed by atoms with Crippen molar-refractivity contribution in [2.75, 3.05) is 39.3 Å². The number of rotatable bonds is 4. The van der Waals surface area contributed by atoms with E-state index < -0.39 is 6.10 Å². The van der Waals surface area contributed by atoms with Crippen molar-refractivity contribution < 1.29 is 14.7 Å². The Kier molecular flexibility index (Phi) is 6.57. The number of benzene rings is 1. The van der Waals surface area contributed by atoms with Crippen LogP contribution in [0.15, 0.2) is 24.3 Å². The summed E-state index contributed by atoms with van der Waals surface area (Å²) in [4.78, 5) is 35.2. The number of hydrogen-bond donors (Lipinski definition) is 1. The molecule has 2 atom stereocenters. The Bertz CT molecular complexity index is 934. The van der Waals surface area contributed by atoms with Crippen molar-refractivity contribution in [3.05, 3.63) is 30.1 Å². The molecule has 8 heteroatoms.